The van der Waals surface area contributed by atoms with Crippen molar-refractivity contribution in [2.24, 2.45) is 0 Å². The molecule has 0 aliphatic rings. The van der Waals surface area contributed by atoms with Crippen molar-refractivity contribution in [3.05, 3.63) is 59.9 Å². The van der Waals surface area contributed by atoms with Crippen LogP contribution in [0, 0.1) is 5.82 Å². The third-order valence-corrected chi connectivity index (χ3v) is 5.57. The highest BCUT2D eigenvalue weighted by molar-refractivity contribution is 7.92. The fourth-order valence-electron chi connectivity index (χ4n) is 2.93. The van der Waals surface area contributed by atoms with E-state index < -0.39 is 28.0 Å². The molecule has 0 bridgehead atoms. The van der Waals surface area contributed by atoms with Crippen LogP contribution in [0.3, 0.4) is 0 Å². The van der Waals surface area contributed by atoms with Gasteiger partial charge in [-0.2, -0.15) is 0 Å². The van der Waals surface area contributed by atoms with Crippen molar-refractivity contribution >= 4 is 21.6 Å². The second-order valence-corrected chi connectivity index (χ2v) is 8.32. The number of hydrogen-bond acceptors (Lipinski definition) is 4. The Morgan fingerprint density at radius 3 is 2.18 bits per heavy atom. The normalized spacial score (nSPS) is 13.5. The van der Waals surface area contributed by atoms with E-state index in [0.717, 1.165) is 16.1 Å². The summed E-state index contributed by atoms with van der Waals surface area (Å²) in [6.45, 7) is 3.50. The fraction of sp³-hybridized carbons (Fsp3) is 0.350. The van der Waals surface area contributed by atoms with Gasteiger partial charge in [-0.15, -0.1) is 0 Å². The zero-order valence-electron chi connectivity index (χ0n) is 16.3. The van der Waals surface area contributed by atoms with Gasteiger partial charge in [0.25, 0.3) is 0 Å². The van der Waals surface area contributed by atoms with Crippen LogP contribution < -0.4 is 14.4 Å². The average molecular weight is 408 g/mol. The molecule has 6 nitrogen and oxygen atoms in total. The number of halogens is 1. The number of hydrogen-bond donors (Lipinski definition) is 1. The number of sulfonamides is 1. The Morgan fingerprint density at radius 2 is 1.71 bits per heavy atom. The molecule has 2 rings (SSSR count). The number of anilines is 1. The van der Waals surface area contributed by atoms with Crippen LogP contribution in [0.2, 0.25) is 0 Å². The van der Waals surface area contributed by atoms with Crippen molar-refractivity contribution in [3.8, 4) is 5.75 Å². The summed E-state index contributed by atoms with van der Waals surface area (Å²) in [6.07, 6.45) is 1.34. The standard InChI is InChI=1S/C20H25FN2O4S/c1-5-19(20(24)22-14(2)15-6-8-16(21)9-7-15)23(28(4,25)26)17-10-12-18(27-3)13-11-17/h6-14,19H,5H2,1-4H3,(H,22,24). The van der Waals surface area contributed by atoms with E-state index in [0.29, 0.717) is 11.4 Å². The molecule has 0 spiro atoms. The number of methoxy groups -OCH3 is 1. The lowest BCUT2D eigenvalue weighted by Crippen LogP contribution is -2.49. The number of nitrogens with zero attached hydrogens (tertiary/aromatic N) is 1. The first-order valence-corrected chi connectivity index (χ1v) is 10.7. The first kappa shape index (κ1) is 21.7. The van der Waals surface area contributed by atoms with Gasteiger partial charge >= 0.3 is 0 Å². The van der Waals surface area contributed by atoms with Gasteiger partial charge in [-0.1, -0.05) is 19.1 Å². The minimum Gasteiger partial charge on any atom is -0.497 e. The van der Waals surface area contributed by atoms with Gasteiger partial charge in [0.15, 0.2) is 0 Å². The summed E-state index contributed by atoms with van der Waals surface area (Å²) >= 11 is 0. The van der Waals surface area contributed by atoms with Crippen molar-refractivity contribution in [2.75, 3.05) is 17.7 Å². The van der Waals surface area contributed by atoms with E-state index in [-0.39, 0.29) is 12.2 Å². The van der Waals surface area contributed by atoms with E-state index in [4.69, 9.17) is 4.74 Å². The molecule has 28 heavy (non-hydrogen) atoms. The molecular weight excluding hydrogens is 383 g/mol. The van der Waals surface area contributed by atoms with Crippen LogP contribution in [-0.4, -0.2) is 33.7 Å². The summed E-state index contributed by atoms with van der Waals surface area (Å²) in [6, 6.07) is 10.9. The molecular formula is C20H25FN2O4S. The van der Waals surface area contributed by atoms with E-state index in [1.807, 2.05) is 0 Å². The number of ether oxygens (including phenoxy) is 1. The zero-order valence-corrected chi connectivity index (χ0v) is 17.2. The van der Waals surface area contributed by atoms with Crippen molar-refractivity contribution in [1.29, 1.82) is 0 Å². The van der Waals surface area contributed by atoms with Crippen LogP contribution in [0.1, 0.15) is 31.9 Å². The Balaban J connectivity index is 2.29. The van der Waals surface area contributed by atoms with Gasteiger partial charge in [0.1, 0.15) is 17.6 Å². The minimum absolute atomic E-state index is 0.279. The van der Waals surface area contributed by atoms with Crippen LogP contribution >= 0.6 is 0 Å². The van der Waals surface area contributed by atoms with Crippen LogP contribution in [-0.2, 0) is 14.8 Å². The predicted octanol–water partition coefficient (Wildman–Crippen LogP) is 3.26. The molecule has 2 aromatic carbocycles. The van der Waals surface area contributed by atoms with Gasteiger partial charge in [-0.05, 0) is 55.3 Å². The minimum atomic E-state index is -3.72. The summed E-state index contributed by atoms with van der Waals surface area (Å²) in [5.41, 5.74) is 1.10. The summed E-state index contributed by atoms with van der Waals surface area (Å²) in [4.78, 5) is 12.9. The molecule has 8 heteroatoms. The van der Waals surface area contributed by atoms with Crippen LogP contribution in [0.25, 0.3) is 0 Å². The van der Waals surface area contributed by atoms with Gasteiger partial charge in [0, 0.05) is 0 Å². The highest BCUT2D eigenvalue weighted by Gasteiger charge is 2.32. The number of carbonyl (C=O) groups excluding carboxylic acids is 1. The van der Waals surface area contributed by atoms with Crippen molar-refractivity contribution in [1.82, 2.24) is 5.32 Å². The summed E-state index contributed by atoms with van der Waals surface area (Å²) in [5, 5.41) is 2.82. The third-order valence-electron chi connectivity index (χ3n) is 4.39. The Kier molecular flexibility index (Phi) is 7.01. The molecule has 0 aliphatic carbocycles. The van der Waals surface area contributed by atoms with Gasteiger partial charge in [-0.25, -0.2) is 12.8 Å². The molecule has 0 saturated heterocycles. The van der Waals surface area contributed by atoms with E-state index in [1.54, 1.807) is 50.2 Å². The Hall–Kier alpha value is -2.61. The van der Waals surface area contributed by atoms with E-state index in [1.165, 1.54) is 19.2 Å². The van der Waals surface area contributed by atoms with Crippen molar-refractivity contribution in [3.63, 3.8) is 0 Å². The lowest BCUT2D eigenvalue weighted by molar-refractivity contribution is -0.122. The molecule has 1 amide bonds. The quantitative estimate of drug-likeness (QED) is 0.728. The average Bonchev–Trinajstić information content (AvgIpc) is 2.65. The van der Waals surface area contributed by atoms with Gasteiger partial charge in [0.2, 0.25) is 15.9 Å². The van der Waals surface area contributed by atoms with E-state index in [9.17, 15) is 17.6 Å². The summed E-state index contributed by atoms with van der Waals surface area (Å²) in [5.74, 6) is -0.211. The summed E-state index contributed by atoms with van der Waals surface area (Å²) in [7, 11) is -2.20. The van der Waals surface area contributed by atoms with Crippen molar-refractivity contribution < 1.29 is 22.3 Å². The lowest BCUT2D eigenvalue weighted by atomic mass is 10.1. The molecule has 0 saturated carbocycles. The van der Waals surface area contributed by atoms with Gasteiger partial charge in [0.05, 0.1) is 25.1 Å². The lowest BCUT2D eigenvalue weighted by Gasteiger charge is -2.31. The van der Waals surface area contributed by atoms with Crippen LogP contribution in [0.15, 0.2) is 48.5 Å². The molecule has 2 atom stereocenters. The Bertz CT molecular complexity index is 899. The van der Waals surface area contributed by atoms with Crippen LogP contribution in [0.4, 0.5) is 10.1 Å². The smallest absolute Gasteiger partial charge is 0.244 e. The predicted molar refractivity (Wildman–Crippen MR) is 107 cm³/mol. The molecule has 0 heterocycles. The first-order valence-electron chi connectivity index (χ1n) is 8.86. The molecule has 0 radical (unpaired) electrons. The zero-order chi connectivity index (χ0) is 20.9. The third kappa shape index (κ3) is 5.22. The molecule has 152 valence electrons. The van der Waals surface area contributed by atoms with E-state index in [2.05, 4.69) is 5.32 Å². The molecule has 1 N–H and O–H groups in total. The van der Waals surface area contributed by atoms with Gasteiger partial charge < -0.3 is 10.1 Å². The number of benzene rings is 2. The van der Waals surface area contributed by atoms with Crippen molar-refractivity contribution in [2.45, 2.75) is 32.4 Å². The number of carbonyl (C=O) groups is 1. The molecule has 0 fully saturated rings. The largest absolute Gasteiger partial charge is 0.497 e. The highest BCUT2D eigenvalue weighted by atomic mass is 32.2. The van der Waals surface area contributed by atoms with Crippen LogP contribution in [0.5, 0.6) is 5.75 Å². The fourth-order valence-corrected chi connectivity index (χ4v) is 4.15. The molecule has 2 unspecified atom stereocenters. The second kappa shape index (κ2) is 9.05. The molecule has 0 aliphatic heterocycles. The SMILES string of the molecule is CCC(C(=O)NC(C)c1ccc(F)cc1)N(c1ccc(OC)cc1)S(C)(=O)=O. The Labute approximate surface area is 165 Å². The monoisotopic (exact) mass is 408 g/mol. The second-order valence-electron chi connectivity index (χ2n) is 6.46. The summed E-state index contributed by atoms with van der Waals surface area (Å²) < 4.78 is 44.2. The molecule has 2 aromatic rings. The number of amides is 1. The number of nitrogens with one attached hydrogen (secondary N) is 1. The number of rotatable bonds is 8. The topological polar surface area (TPSA) is 75.7 Å². The maximum atomic E-state index is 13.1. The van der Waals surface area contributed by atoms with Gasteiger partial charge in [-0.3, -0.25) is 9.10 Å². The Morgan fingerprint density at radius 1 is 1.14 bits per heavy atom. The highest BCUT2D eigenvalue weighted by Crippen LogP contribution is 2.25. The first-order chi connectivity index (χ1) is 13.2. The maximum Gasteiger partial charge on any atom is 0.244 e. The van der Waals surface area contributed by atoms with E-state index >= 15 is 0 Å². The maximum absolute atomic E-state index is 13.1. The molecule has 0 aromatic heterocycles.